The molecule has 0 aliphatic carbocycles. The van der Waals surface area contributed by atoms with Crippen molar-refractivity contribution in [2.24, 2.45) is 0 Å². The fourth-order valence-electron chi connectivity index (χ4n) is 1.62. The molecule has 8 nitrogen and oxygen atoms in total. The number of nitrogens with one attached hydrogen (secondary N) is 1. The summed E-state index contributed by atoms with van der Waals surface area (Å²) in [4.78, 5) is 25.6. The topological polar surface area (TPSA) is 106 Å². The molecule has 1 aromatic carbocycles. The predicted octanol–water partition coefficient (Wildman–Crippen LogP) is 0.366. The Hall–Kier alpha value is -2.74. The normalized spacial score (nSPS) is 10.3. The highest BCUT2D eigenvalue weighted by Gasteiger charge is 2.04. The Bertz CT molecular complexity index is 595. The van der Waals surface area contributed by atoms with Crippen LogP contribution >= 0.6 is 0 Å². The average Bonchev–Trinajstić information content (AvgIpc) is 2.93. The standard InChI is InChI=1S/C13H14N4O4/c18-12(6-21-7-13(19)20)16-11-3-1-10(2-4-11)5-17-9-14-8-15-17/h1-4,8-9H,5-7H2,(H,16,18)(H,19,20). The number of aromatic nitrogens is 3. The van der Waals surface area contributed by atoms with Gasteiger partial charge in [-0.2, -0.15) is 5.10 Å². The fraction of sp³-hybridized carbons (Fsp3) is 0.231. The molecule has 0 unspecified atom stereocenters. The molecule has 2 N–H and O–H groups in total. The molecule has 0 radical (unpaired) electrons. The van der Waals surface area contributed by atoms with Gasteiger partial charge in [-0.1, -0.05) is 12.1 Å². The number of hydrogen-bond acceptors (Lipinski definition) is 5. The lowest BCUT2D eigenvalue weighted by atomic mass is 10.2. The molecule has 0 saturated carbocycles. The molecule has 0 saturated heterocycles. The van der Waals surface area contributed by atoms with Gasteiger partial charge in [0.2, 0.25) is 5.91 Å². The SMILES string of the molecule is O=C(O)COCC(=O)Nc1ccc(Cn2cncn2)cc1. The number of amides is 1. The first-order valence-electron chi connectivity index (χ1n) is 6.14. The third-order valence-electron chi connectivity index (χ3n) is 2.51. The molecule has 2 aromatic rings. The lowest BCUT2D eigenvalue weighted by molar-refractivity contribution is -0.143. The van der Waals surface area contributed by atoms with Crippen molar-refractivity contribution >= 4 is 17.6 Å². The number of hydrogen-bond donors (Lipinski definition) is 2. The quantitative estimate of drug-likeness (QED) is 0.763. The van der Waals surface area contributed by atoms with Gasteiger partial charge in [-0.25, -0.2) is 14.5 Å². The molecule has 110 valence electrons. The second-order valence-electron chi connectivity index (χ2n) is 4.22. The first-order chi connectivity index (χ1) is 10.1. The summed E-state index contributed by atoms with van der Waals surface area (Å²) in [5, 5.41) is 15.0. The number of carboxylic acids is 1. The van der Waals surface area contributed by atoms with Crippen LogP contribution < -0.4 is 5.32 Å². The molecule has 0 aliphatic rings. The van der Waals surface area contributed by atoms with Crippen molar-refractivity contribution in [1.82, 2.24) is 14.8 Å². The van der Waals surface area contributed by atoms with Crippen LogP contribution in [0.4, 0.5) is 5.69 Å². The van der Waals surface area contributed by atoms with Crippen LogP contribution in [0.15, 0.2) is 36.9 Å². The zero-order valence-electron chi connectivity index (χ0n) is 11.1. The van der Waals surface area contributed by atoms with Crippen molar-refractivity contribution in [2.75, 3.05) is 18.5 Å². The van der Waals surface area contributed by atoms with Crippen molar-refractivity contribution < 1.29 is 19.4 Å². The second-order valence-corrected chi connectivity index (χ2v) is 4.22. The van der Waals surface area contributed by atoms with Crippen molar-refractivity contribution in [3.63, 3.8) is 0 Å². The zero-order chi connectivity index (χ0) is 15.1. The maximum absolute atomic E-state index is 11.5. The van der Waals surface area contributed by atoms with Gasteiger partial charge in [-0.05, 0) is 17.7 Å². The Morgan fingerprint density at radius 3 is 2.62 bits per heavy atom. The van der Waals surface area contributed by atoms with E-state index in [1.54, 1.807) is 23.1 Å². The third-order valence-corrected chi connectivity index (χ3v) is 2.51. The monoisotopic (exact) mass is 290 g/mol. The number of carbonyl (C=O) groups excluding carboxylic acids is 1. The number of ether oxygens (including phenoxy) is 1. The van der Waals surface area contributed by atoms with Gasteiger partial charge in [0.25, 0.3) is 0 Å². The number of carbonyl (C=O) groups is 2. The van der Waals surface area contributed by atoms with E-state index >= 15 is 0 Å². The van der Waals surface area contributed by atoms with Gasteiger partial charge in [0.05, 0.1) is 6.54 Å². The molecule has 2 rings (SSSR count). The predicted molar refractivity (Wildman–Crippen MR) is 72.7 cm³/mol. The first kappa shape index (κ1) is 14.7. The summed E-state index contributed by atoms with van der Waals surface area (Å²) >= 11 is 0. The molecule has 21 heavy (non-hydrogen) atoms. The Kier molecular flexibility index (Phi) is 4.99. The summed E-state index contributed by atoms with van der Waals surface area (Å²) in [5.74, 6) is -1.51. The molecule has 0 aliphatic heterocycles. The van der Waals surface area contributed by atoms with Gasteiger partial charge >= 0.3 is 5.97 Å². The summed E-state index contributed by atoms with van der Waals surface area (Å²) in [6.07, 6.45) is 3.08. The molecule has 1 aromatic heterocycles. The highest BCUT2D eigenvalue weighted by Crippen LogP contribution is 2.10. The van der Waals surface area contributed by atoms with Crippen LogP contribution in [0, 0.1) is 0 Å². The molecule has 1 heterocycles. The van der Waals surface area contributed by atoms with E-state index in [1.807, 2.05) is 12.1 Å². The van der Waals surface area contributed by atoms with Gasteiger partial charge in [0.1, 0.15) is 25.9 Å². The number of nitrogens with zero attached hydrogens (tertiary/aromatic N) is 3. The minimum absolute atomic E-state index is 0.299. The Morgan fingerprint density at radius 2 is 2.00 bits per heavy atom. The highest BCUT2D eigenvalue weighted by atomic mass is 16.5. The molecule has 0 bridgehead atoms. The van der Waals surface area contributed by atoms with Crippen molar-refractivity contribution in [1.29, 1.82) is 0 Å². The molecule has 1 amide bonds. The smallest absolute Gasteiger partial charge is 0.329 e. The lowest BCUT2D eigenvalue weighted by Gasteiger charge is -2.06. The number of anilines is 1. The van der Waals surface area contributed by atoms with E-state index in [1.165, 1.54) is 6.33 Å². The molecule has 0 spiro atoms. The first-order valence-corrected chi connectivity index (χ1v) is 6.14. The van der Waals surface area contributed by atoms with E-state index in [9.17, 15) is 9.59 Å². The fourth-order valence-corrected chi connectivity index (χ4v) is 1.62. The van der Waals surface area contributed by atoms with Crippen LogP contribution in [-0.2, 0) is 20.9 Å². The van der Waals surface area contributed by atoms with E-state index in [2.05, 4.69) is 15.4 Å². The molecule has 8 heteroatoms. The van der Waals surface area contributed by atoms with Crippen molar-refractivity contribution in [3.8, 4) is 0 Å². The van der Waals surface area contributed by atoms with Crippen LogP contribution in [0.2, 0.25) is 0 Å². The van der Waals surface area contributed by atoms with Crippen LogP contribution in [-0.4, -0.2) is 45.0 Å². The minimum Gasteiger partial charge on any atom is -0.480 e. The van der Waals surface area contributed by atoms with E-state index in [0.717, 1.165) is 5.56 Å². The van der Waals surface area contributed by atoms with E-state index in [4.69, 9.17) is 9.84 Å². The Morgan fingerprint density at radius 1 is 1.24 bits per heavy atom. The maximum atomic E-state index is 11.5. The molecule has 0 atom stereocenters. The summed E-state index contributed by atoms with van der Waals surface area (Å²) in [5.41, 5.74) is 1.63. The summed E-state index contributed by atoms with van der Waals surface area (Å²) in [6, 6.07) is 7.22. The van der Waals surface area contributed by atoms with Crippen LogP contribution in [0.3, 0.4) is 0 Å². The Labute approximate surface area is 120 Å². The number of aliphatic carboxylic acids is 1. The molecule has 0 fully saturated rings. The van der Waals surface area contributed by atoms with E-state index < -0.39 is 18.5 Å². The zero-order valence-corrected chi connectivity index (χ0v) is 11.1. The Balaban J connectivity index is 1.81. The summed E-state index contributed by atoms with van der Waals surface area (Å²) < 4.78 is 6.38. The second kappa shape index (κ2) is 7.15. The van der Waals surface area contributed by atoms with Gasteiger partial charge in [-0.15, -0.1) is 0 Å². The number of rotatable bonds is 7. The van der Waals surface area contributed by atoms with Gasteiger partial charge in [0, 0.05) is 5.69 Å². The molecular weight excluding hydrogens is 276 g/mol. The van der Waals surface area contributed by atoms with Gasteiger partial charge in [-0.3, -0.25) is 4.79 Å². The van der Waals surface area contributed by atoms with Crippen LogP contribution in [0.1, 0.15) is 5.56 Å². The average molecular weight is 290 g/mol. The van der Waals surface area contributed by atoms with Gasteiger partial charge in [0.15, 0.2) is 0 Å². The van der Waals surface area contributed by atoms with Crippen LogP contribution in [0.25, 0.3) is 0 Å². The maximum Gasteiger partial charge on any atom is 0.329 e. The van der Waals surface area contributed by atoms with E-state index in [0.29, 0.717) is 12.2 Å². The summed E-state index contributed by atoms with van der Waals surface area (Å²) in [6.45, 7) is -0.201. The van der Waals surface area contributed by atoms with Crippen molar-refractivity contribution in [3.05, 3.63) is 42.5 Å². The highest BCUT2D eigenvalue weighted by molar-refractivity contribution is 5.91. The lowest BCUT2D eigenvalue weighted by Crippen LogP contribution is -2.20. The van der Waals surface area contributed by atoms with Crippen molar-refractivity contribution in [2.45, 2.75) is 6.54 Å². The van der Waals surface area contributed by atoms with Gasteiger partial charge < -0.3 is 15.2 Å². The van der Waals surface area contributed by atoms with E-state index in [-0.39, 0.29) is 6.61 Å². The summed E-state index contributed by atoms with van der Waals surface area (Å²) in [7, 11) is 0. The third kappa shape index (κ3) is 5.03. The number of carboxylic acid groups (broad SMARTS) is 1. The minimum atomic E-state index is -1.11. The number of benzene rings is 1. The largest absolute Gasteiger partial charge is 0.480 e. The molecular formula is C13H14N4O4. The van der Waals surface area contributed by atoms with Crippen LogP contribution in [0.5, 0.6) is 0 Å².